The molecule has 0 spiro atoms. The molecular weight excluding hydrogens is 162 g/mol. The second-order valence-electron chi connectivity index (χ2n) is 5.16. The van der Waals surface area contributed by atoms with E-state index in [0.29, 0.717) is 0 Å². The number of likely N-dealkylation sites (tertiary alicyclic amines) is 1. The minimum Gasteiger partial charge on any atom is -0.392 e. The second kappa shape index (κ2) is 3.58. The summed E-state index contributed by atoms with van der Waals surface area (Å²) in [7, 11) is 0. The van der Waals surface area contributed by atoms with Crippen LogP contribution in [0.5, 0.6) is 0 Å². The zero-order chi connectivity index (χ0) is 9.42. The number of hydrogen-bond acceptors (Lipinski definition) is 2. The van der Waals surface area contributed by atoms with Crippen molar-refractivity contribution in [2.45, 2.75) is 32.8 Å². The fourth-order valence-electron chi connectivity index (χ4n) is 3.22. The van der Waals surface area contributed by atoms with E-state index < -0.39 is 0 Å². The molecular formula is C11H21NO. The lowest BCUT2D eigenvalue weighted by atomic mass is 10.0. The van der Waals surface area contributed by atoms with Gasteiger partial charge >= 0.3 is 0 Å². The van der Waals surface area contributed by atoms with Crippen LogP contribution in [-0.4, -0.2) is 35.7 Å². The largest absolute Gasteiger partial charge is 0.392 e. The Hall–Kier alpha value is -0.0800. The molecule has 2 aliphatic rings. The highest BCUT2D eigenvalue weighted by Crippen LogP contribution is 2.40. The summed E-state index contributed by atoms with van der Waals surface area (Å²) in [4.78, 5) is 2.44. The number of fused-ring (bicyclic) bond motifs is 1. The van der Waals surface area contributed by atoms with Crippen LogP contribution in [0.25, 0.3) is 0 Å². The van der Waals surface area contributed by atoms with Crippen LogP contribution in [0, 0.1) is 17.8 Å². The predicted octanol–water partition coefficient (Wildman–Crippen LogP) is 1.35. The quantitative estimate of drug-likeness (QED) is 0.698. The highest BCUT2D eigenvalue weighted by atomic mass is 16.3. The maximum absolute atomic E-state index is 9.29. The first-order chi connectivity index (χ1) is 6.15. The summed E-state index contributed by atoms with van der Waals surface area (Å²) in [6.45, 7) is 7.61. The van der Waals surface area contributed by atoms with Crippen molar-refractivity contribution in [3.05, 3.63) is 0 Å². The summed E-state index contributed by atoms with van der Waals surface area (Å²) < 4.78 is 0. The molecule has 0 radical (unpaired) electrons. The van der Waals surface area contributed by atoms with Gasteiger partial charge in [-0.05, 0) is 37.5 Å². The molecule has 13 heavy (non-hydrogen) atoms. The minimum atomic E-state index is -0.156. The molecule has 76 valence electrons. The molecule has 0 aromatic carbocycles. The Morgan fingerprint density at radius 2 is 1.85 bits per heavy atom. The standard InChI is InChI=1S/C11H21NO/c1-8-3-10-6-12(5-9(2)13)7-11(10)4-8/h8-11,13H,3-7H2,1-2H3/t8-,9-,10-,11+/m1/s1. The van der Waals surface area contributed by atoms with E-state index in [-0.39, 0.29) is 6.10 Å². The Bertz CT molecular complexity index is 167. The van der Waals surface area contributed by atoms with Crippen LogP contribution in [0.15, 0.2) is 0 Å². The average Bonchev–Trinajstić information content (AvgIpc) is 2.41. The maximum atomic E-state index is 9.29. The van der Waals surface area contributed by atoms with Crippen molar-refractivity contribution in [1.29, 1.82) is 0 Å². The zero-order valence-corrected chi connectivity index (χ0v) is 8.74. The van der Waals surface area contributed by atoms with Gasteiger partial charge in [0.15, 0.2) is 0 Å². The molecule has 2 nitrogen and oxygen atoms in total. The number of rotatable bonds is 2. The predicted molar refractivity (Wildman–Crippen MR) is 53.5 cm³/mol. The molecule has 0 aromatic heterocycles. The fraction of sp³-hybridized carbons (Fsp3) is 1.00. The second-order valence-corrected chi connectivity index (χ2v) is 5.16. The van der Waals surface area contributed by atoms with Crippen molar-refractivity contribution < 1.29 is 5.11 Å². The molecule has 1 aliphatic heterocycles. The van der Waals surface area contributed by atoms with E-state index in [0.717, 1.165) is 24.3 Å². The lowest BCUT2D eigenvalue weighted by Gasteiger charge is -2.18. The van der Waals surface area contributed by atoms with E-state index in [4.69, 9.17) is 0 Å². The molecule has 1 N–H and O–H groups in total. The topological polar surface area (TPSA) is 23.5 Å². The monoisotopic (exact) mass is 183 g/mol. The third-order valence-corrected chi connectivity index (χ3v) is 3.58. The summed E-state index contributed by atoms with van der Waals surface area (Å²) in [5, 5.41) is 9.29. The fourth-order valence-corrected chi connectivity index (χ4v) is 3.22. The average molecular weight is 183 g/mol. The molecule has 0 bridgehead atoms. The molecule has 1 heterocycles. The number of β-amino-alcohol motifs (C(OH)–C–C–N with tert-alkyl or cyclic N) is 1. The first kappa shape index (κ1) is 9.47. The van der Waals surface area contributed by atoms with Gasteiger partial charge in [0.05, 0.1) is 6.10 Å². The van der Waals surface area contributed by atoms with Crippen LogP contribution in [0.3, 0.4) is 0 Å². The van der Waals surface area contributed by atoms with Crippen LogP contribution in [0.2, 0.25) is 0 Å². The van der Waals surface area contributed by atoms with E-state index >= 15 is 0 Å². The number of hydrogen-bond donors (Lipinski definition) is 1. The molecule has 0 aromatic rings. The van der Waals surface area contributed by atoms with Gasteiger partial charge in [0, 0.05) is 19.6 Å². The maximum Gasteiger partial charge on any atom is 0.0639 e. The number of nitrogens with zero attached hydrogens (tertiary/aromatic N) is 1. The highest BCUT2D eigenvalue weighted by Gasteiger charge is 2.39. The summed E-state index contributed by atoms with van der Waals surface area (Å²) in [6, 6.07) is 0. The van der Waals surface area contributed by atoms with E-state index in [1.165, 1.54) is 25.9 Å². The first-order valence-corrected chi connectivity index (χ1v) is 5.55. The van der Waals surface area contributed by atoms with Crippen molar-refractivity contribution in [3.8, 4) is 0 Å². The smallest absolute Gasteiger partial charge is 0.0639 e. The summed E-state index contributed by atoms with van der Waals surface area (Å²) in [5.74, 6) is 2.83. The molecule has 2 fully saturated rings. The van der Waals surface area contributed by atoms with Crippen LogP contribution in [0.1, 0.15) is 26.7 Å². The van der Waals surface area contributed by atoms with E-state index in [1.807, 2.05) is 6.92 Å². The van der Waals surface area contributed by atoms with Crippen molar-refractivity contribution in [2.75, 3.05) is 19.6 Å². The number of aliphatic hydroxyl groups excluding tert-OH is 1. The van der Waals surface area contributed by atoms with E-state index in [1.54, 1.807) is 0 Å². The molecule has 0 unspecified atom stereocenters. The van der Waals surface area contributed by atoms with Crippen molar-refractivity contribution >= 4 is 0 Å². The summed E-state index contributed by atoms with van der Waals surface area (Å²) in [6.07, 6.45) is 2.68. The van der Waals surface area contributed by atoms with Gasteiger partial charge in [-0.1, -0.05) is 6.92 Å². The zero-order valence-electron chi connectivity index (χ0n) is 8.74. The van der Waals surface area contributed by atoms with Gasteiger partial charge in [-0.15, -0.1) is 0 Å². The first-order valence-electron chi connectivity index (χ1n) is 5.55. The Kier molecular flexibility index (Phi) is 2.61. The molecule has 0 amide bonds. The molecule has 2 heteroatoms. The summed E-state index contributed by atoms with van der Waals surface area (Å²) in [5.41, 5.74) is 0. The Morgan fingerprint density at radius 3 is 2.31 bits per heavy atom. The van der Waals surface area contributed by atoms with Crippen molar-refractivity contribution in [2.24, 2.45) is 17.8 Å². The van der Waals surface area contributed by atoms with Crippen molar-refractivity contribution in [3.63, 3.8) is 0 Å². The van der Waals surface area contributed by atoms with Gasteiger partial charge in [0.2, 0.25) is 0 Å². The van der Waals surface area contributed by atoms with Gasteiger partial charge in [-0.2, -0.15) is 0 Å². The van der Waals surface area contributed by atoms with Crippen LogP contribution in [-0.2, 0) is 0 Å². The van der Waals surface area contributed by atoms with Crippen LogP contribution < -0.4 is 0 Å². The van der Waals surface area contributed by atoms with Gasteiger partial charge in [0.1, 0.15) is 0 Å². The molecule has 1 aliphatic carbocycles. The molecule has 4 atom stereocenters. The Balaban J connectivity index is 1.83. The Labute approximate surface area is 80.9 Å². The Morgan fingerprint density at radius 1 is 1.31 bits per heavy atom. The SMILES string of the molecule is C[C@@H]1C[C@@H]2CN(C[C@@H](C)O)C[C@@H]2C1. The third-order valence-electron chi connectivity index (χ3n) is 3.58. The van der Waals surface area contributed by atoms with Gasteiger partial charge in [-0.25, -0.2) is 0 Å². The lowest BCUT2D eigenvalue weighted by Crippen LogP contribution is -2.29. The van der Waals surface area contributed by atoms with Crippen molar-refractivity contribution in [1.82, 2.24) is 4.90 Å². The van der Waals surface area contributed by atoms with Gasteiger partial charge in [-0.3, -0.25) is 0 Å². The van der Waals surface area contributed by atoms with Gasteiger partial charge in [0.25, 0.3) is 0 Å². The van der Waals surface area contributed by atoms with Crippen LogP contribution in [0.4, 0.5) is 0 Å². The third kappa shape index (κ3) is 2.05. The van der Waals surface area contributed by atoms with Gasteiger partial charge < -0.3 is 10.0 Å². The minimum absolute atomic E-state index is 0.156. The lowest BCUT2D eigenvalue weighted by molar-refractivity contribution is 0.135. The molecule has 1 saturated carbocycles. The highest BCUT2D eigenvalue weighted by molar-refractivity contribution is 4.91. The molecule has 2 rings (SSSR count). The van der Waals surface area contributed by atoms with E-state index in [9.17, 15) is 5.11 Å². The normalized spacial score (nSPS) is 42.2. The summed E-state index contributed by atoms with van der Waals surface area (Å²) >= 11 is 0. The van der Waals surface area contributed by atoms with E-state index in [2.05, 4.69) is 11.8 Å². The van der Waals surface area contributed by atoms with Crippen LogP contribution >= 0.6 is 0 Å². The number of aliphatic hydroxyl groups is 1. The molecule has 1 saturated heterocycles.